The van der Waals surface area contributed by atoms with Crippen molar-refractivity contribution < 1.29 is 33.6 Å². The number of aromatic nitrogens is 1. The number of nitrogens with zero attached hydrogens (tertiary/aromatic N) is 2. The lowest BCUT2D eigenvalue weighted by Gasteiger charge is -2.31. The molecule has 1 heterocycles. The second-order valence-electron chi connectivity index (χ2n) is 11.8. The third-order valence-corrected chi connectivity index (χ3v) is 8.27. The van der Waals surface area contributed by atoms with Gasteiger partial charge in [-0.15, -0.1) is 0 Å². The SMILES string of the molecule is CCC(C)CC(C)C(O)c1c(OCOCC[Si](C)(C)C)nc(OC)c(OC)c1OC(=O)N(C(C)C)C(C)C. The molecule has 10 heteroatoms. The lowest BCUT2D eigenvalue weighted by molar-refractivity contribution is 0.0143. The molecule has 3 unspecified atom stereocenters. The van der Waals surface area contributed by atoms with Crippen LogP contribution in [0.25, 0.3) is 0 Å². The zero-order valence-corrected chi connectivity index (χ0v) is 26.7. The van der Waals surface area contributed by atoms with Gasteiger partial charge in [0.05, 0.1) is 25.9 Å². The van der Waals surface area contributed by atoms with Crippen LogP contribution in [0, 0.1) is 11.8 Å². The van der Waals surface area contributed by atoms with Crippen molar-refractivity contribution in [3.8, 4) is 23.3 Å². The number of aliphatic hydroxyl groups is 1. The predicted molar refractivity (Wildman–Crippen MR) is 153 cm³/mol. The molecule has 1 aromatic rings. The Morgan fingerprint density at radius 2 is 1.58 bits per heavy atom. The first-order valence-corrected chi connectivity index (χ1v) is 17.4. The molecule has 0 aromatic carbocycles. The Morgan fingerprint density at radius 3 is 2.05 bits per heavy atom. The van der Waals surface area contributed by atoms with Crippen LogP contribution in [0.3, 0.4) is 0 Å². The summed E-state index contributed by atoms with van der Waals surface area (Å²) in [5.74, 6) is 0.539. The van der Waals surface area contributed by atoms with Crippen molar-refractivity contribution >= 4 is 14.2 Å². The molecule has 0 radical (unpaired) electrons. The zero-order chi connectivity index (χ0) is 29.2. The lowest BCUT2D eigenvalue weighted by Crippen LogP contribution is -2.43. The summed E-state index contributed by atoms with van der Waals surface area (Å²) in [7, 11) is 1.62. The largest absolute Gasteiger partial charge is 0.489 e. The third kappa shape index (κ3) is 9.93. The van der Waals surface area contributed by atoms with Crippen molar-refractivity contribution in [1.29, 1.82) is 0 Å². The van der Waals surface area contributed by atoms with Crippen LogP contribution in [-0.4, -0.2) is 68.9 Å². The van der Waals surface area contributed by atoms with Gasteiger partial charge < -0.3 is 33.7 Å². The first kappa shape index (κ1) is 34.0. The number of ether oxygens (including phenoxy) is 5. The topological polar surface area (TPSA) is 99.6 Å². The standard InChI is InChI=1S/C28H52N2O7Si/c1-13-20(6)16-21(7)23(31)22-24(37-28(32)30(18(2)3)19(4)5)25(33-8)27(34-9)29-26(22)36-17-35-14-15-38(10,11)12/h18-21,23,31H,13-17H2,1-12H3. The first-order valence-electron chi connectivity index (χ1n) is 13.7. The highest BCUT2D eigenvalue weighted by atomic mass is 28.3. The number of pyridine rings is 1. The second-order valence-corrected chi connectivity index (χ2v) is 17.4. The smallest absolute Gasteiger partial charge is 0.415 e. The van der Waals surface area contributed by atoms with Crippen LogP contribution in [0.5, 0.6) is 23.3 Å². The summed E-state index contributed by atoms with van der Waals surface area (Å²) < 4.78 is 28.7. The highest BCUT2D eigenvalue weighted by Gasteiger charge is 2.35. The van der Waals surface area contributed by atoms with E-state index in [1.54, 1.807) is 4.90 Å². The minimum Gasteiger partial charge on any atom is -0.489 e. The van der Waals surface area contributed by atoms with E-state index in [4.69, 9.17) is 23.7 Å². The van der Waals surface area contributed by atoms with Gasteiger partial charge >= 0.3 is 6.09 Å². The maximum Gasteiger partial charge on any atom is 0.415 e. The summed E-state index contributed by atoms with van der Waals surface area (Å²) in [6.07, 6.45) is 0.134. The summed E-state index contributed by atoms with van der Waals surface area (Å²) >= 11 is 0. The van der Waals surface area contributed by atoms with Gasteiger partial charge in [0.2, 0.25) is 11.6 Å². The molecule has 1 amide bonds. The van der Waals surface area contributed by atoms with E-state index in [9.17, 15) is 9.90 Å². The Bertz CT molecular complexity index is 866. The average Bonchev–Trinajstić information content (AvgIpc) is 2.81. The van der Waals surface area contributed by atoms with Crippen LogP contribution in [-0.2, 0) is 4.74 Å². The fourth-order valence-electron chi connectivity index (χ4n) is 4.22. The molecular weight excluding hydrogens is 504 g/mol. The second kappa shape index (κ2) is 15.5. The maximum atomic E-state index is 13.4. The summed E-state index contributed by atoms with van der Waals surface area (Å²) in [5, 5.41) is 11.6. The fourth-order valence-corrected chi connectivity index (χ4v) is 4.97. The molecule has 0 aliphatic carbocycles. The van der Waals surface area contributed by atoms with Gasteiger partial charge in [-0.05, 0) is 52.0 Å². The minimum absolute atomic E-state index is 0.0382. The van der Waals surface area contributed by atoms with Crippen LogP contribution in [0.15, 0.2) is 0 Å². The van der Waals surface area contributed by atoms with Crippen LogP contribution in [0.4, 0.5) is 4.79 Å². The number of methoxy groups -OCH3 is 2. The molecule has 0 saturated carbocycles. The molecule has 0 aliphatic rings. The molecule has 0 spiro atoms. The molecule has 0 aliphatic heterocycles. The summed E-state index contributed by atoms with van der Waals surface area (Å²) in [4.78, 5) is 19.5. The van der Waals surface area contributed by atoms with Gasteiger partial charge in [0.25, 0.3) is 5.88 Å². The van der Waals surface area contributed by atoms with Gasteiger partial charge in [-0.3, -0.25) is 0 Å². The van der Waals surface area contributed by atoms with Crippen LogP contribution < -0.4 is 18.9 Å². The van der Waals surface area contributed by atoms with Gasteiger partial charge in [-0.1, -0.05) is 46.8 Å². The van der Waals surface area contributed by atoms with E-state index in [1.165, 1.54) is 14.2 Å². The van der Waals surface area contributed by atoms with E-state index >= 15 is 0 Å². The van der Waals surface area contributed by atoms with Crippen molar-refractivity contribution in [3.05, 3.63) is 5.56 Å². The lowest BCUT2D eigenvalue weighted by atomic mass is 9.88. The highest BCUT2D eigenvalue weighted by Crippen LogP contribution is 2.48. The first-order chi connectivity index (χ1) is 17.7. The Labute approximate surface area is 231 Å². The van der Waals surface area contributed by atoms with Crippen LogP contribution >= 0.6 is 0 Å². The molecule has 1 rings (SSSR count). The van der Waals surface area contributed by atoms with Crippen LogP contribution in [0.1, 0.15) is 73.0 Å². The highest BCUT2D eigenvalue weighted by molar-refractivity contribution is 6.76. The molecule has 38 heavy (non-hydrogen) atoms. The molecule has 9 nitrogen and oxygen atoms in total. The molecule has 3 atom stereocenters. The number of hydrogen-bond donors (Lipinski definition) is 1. The molecule has 1 N–H and O–H groups in total. The molecule has 0 bridgehead atoms. The fraction of sp³-hybridized carbons (Fsp3) is 0.786. The van der Waals surface area contributed by atoms with E-state index in [2.05, 4.69) is 38.5 Å². The normalized spacial score (nSPS) is 14.3. The van der Waals surface area contributed by atoms with E-state index in [0.29, 0.717) is 12.5 Å². The Hall–Kier alpha value is -2.04. The summed E-state index contributed by atoms with van der Waals surface area (Å²) in [5.41, 5.74) is 0.244. The Kier molecular flexibility index (Phi) is 13.9. The quantitative estimate of drug-likeness (QED) is 0.140. The van der Waals surface area contributed by atoms with Gasteiger partial charge in [0.1, 0.15) is 0 Å². The van der Waals surface area contributed by atoms with Crippen molar-refractivity contribution in [2.24, 2.45) is 11.8 Å². The number of rotatable bonds is 16. The van der Waals surface area contributed by atoms with Crippen molar-refractivity contribution in [1.82, 2.24) is 9.88 Å². The van der Waals surface area contributed by atoms with E-state index in [1.807, 2.05) is 34.6 Å². The molecule has 1 aromatic heterocycles. The molecule has 0 fully saturated rings. The zero-order valence-electron chi connectivity index (χ0n) is 25.7. The van der Waals surface area contributed by atoms with Crippen molar-refractivity contribution in [2.45, 2.75) is 105 Å². The predicted octanol–water partition coefficient (Wildman–Crippen LogP) is 6.51. The molecular formula is C28H52N2O7Si. The molecule has 220 valence electrons. The number of hydrogen-bond acceptors (Lipinski definition) is 8. The average molecular weight is 557 g/mol. The number of carbonyl (C=O) groups is 1. The number of amides is 1. The van der Waals surface area contributed by atoms with Crippen LogP contribution in [0.2, 0.25) is 25.7 Å². The number of aliphatic hydroxyl groups excluding tert-OH is 1. The third-order valence-electron chi connectivity index (χ3n) is 6.57. The Balaban J connectivity index is 3.60. The Morgan fingerprint density at radius 1 is 0.974 bits per heavy atom. The van der Waals surface area contributed by atoms with E-state index in [0.717, 1.165) is 18.9 Å². The summed E-state index contributed by atoms with van der Waals surface area (Å²) in [6.45, 7) is 21.2. The van der Waals surface area contributed by atoms with Gasteiger partial charge in [-0.25, -0.2) is 4.79 Å². The van der Waals surface area contributed by atoms with Gasteiger partial charge in [-0.2, -0.15) is 4.98 Å². The maximum absolute atomic E-state index is 13.4. The molecule has 0 saturated heterocycles. The van der Waals surface area contributed by atoms with Gasteiger partial charge in [0, 0.05) is 26.8 Å². The van der Waals surface area contributed by atoms with Crippen molar-refractivity contribution in [3.63, 3.8) is 0 Å². The van der Waals surface area contributed by atoms with E-state index in [-0.39, 0.29) is 53.6 Å². The van der Waals surface area contributed by atoms with E-state index < -0.39 is 20.3 Å². The van der Waals surface area contributed by atoms with Gasteiger partial charge in [0.15, 0.2) is 12.5 Å². The minimum atomic E-state index is -1.27. The monoisotopic (exact) mass is 556 g/mol. The number of carbonyl (C=O) groups excluding carboxylic acids is 1. The van der Waals surface area contributed by atoms with Crippen molar-refractivity contribution in [2.75, 3.05) is 27.6 Å². The summed E-state index contributed by atoms with van der Waals surface area (Å²) in [6, 6.07) is 0.774.